The maximum atomic E-state index is 14.6. The number of nitrogens with one attached hydrogen (secondary N) is 2. The van der Waals surface area contributed by atoms with Gasteiger partial charge in [0.2, 0.25) is 10.0 Å². The highest BCUT2D eigenvalue weighted by molar-refractivity contribution is 7.89. The lowest BCUT2D eigenvalue weighted by molar-refractivity contribution is 0.0950. The molecule has 3 rings (SSSR count). The van der Waals surface area contributed by atoms with Crippen molar-refractivity contribution in [3.05, 3.63) is 77.1 Å². The fourth-order valence-electron chi connectivity index (χ4n) is 3.14. The van der Waals surface area contributed by atoms with Gasteiger partial charge in [0, 0.05) is 38.2 Å². The largest absolute Gasteiger partial charge is 0.383 e. The second-order valence-electron chi connectivity index (χ2n) is 7.18. The number of ether oxygens (including phenoxy) is 1. The lowest BCUT2D eigenvalue weighted by Crippen LogP contribution is -2.28. The first kappa shape index (κ1) is 23.6. The van der Waals surface area contributed by atoms with Crippen molar-refractivity contribution in [3.8, 4) is 5.69 Å². The maximum Gasteiger partial charge on any atom is 0.251 e. The molecule has 0 saturated carbocycles. The Morgan fingerprint density at radius 1 is 1.19 bits per heavy atom. The van der Waals surface area contributed by atoms with Crippen LogP contribution in [-0.2, 0) is 21.3 Å². The number of carbonyl (C=O) groups is 1. The molecule has 0 fully saturated rings. The number of amides is 1. The highest BCUT2D eigenvalue weighted by Gasteiger charge is 2.18. The van der Waals surface area contributed by atoms with Crippen LogP contribution in [0.1, 0.15) is 27.3 Å². The van der Waals surface area contributed by atoms with Crippen LogP contribution in [0.4, 0.5) is 4.39 Å². The van der Waals surface area contributed by atoms with Crippen molar-refractivity contribution in [3.63, 3.8) is 0 Å². The minimum Gasteiger partial charge on any atom is -0.383 e. The minimum absolute atomic E-state index is 0.0181. The Morgan fingerprint density at radius 2 is 1.97 bits per heavy atom. The number of sulfonamides is 1. The average molecular weight is 461 g/mol. The van der Waals surface area contributed by atoms with E-state index in [0.717, 1.165) is 0 Å². The van der Waals surface area contributed by atoms with Crippen LogP contribution >= 0.6 is 0 Å². The van der Waals surface area contributed by atoms with Gasteiger partial charge in [-0.25, -0.2) is 22.5 Å². The summed E-state index contributed by atoms with van der Waals surface area (Å²) in [6.45, 7) is 3.92. The summed E-state index contributed by atoms with van der Waals surface area (Å²) in [5.41, 5.74) is 1.78. The van der Waals surface area contributed by atoms with E-state index in [9.17, 15) is 17.6 Å². The van der Waals surface area contributed by atoms with Gasteiger partial charge < -0.3 is 14.6 Å². The van der Waals surface area contributed by atoms with Gasteiger partial charge in [0.05, 0.1) is 17.2 Å². The normalized spacial score (nSPS) is 11.5. The van der Waals surface area contributed by atoms with E-state index in [0.29, 0.717) is 22.6 Å². The molecule has 1 amide bonds. The van der Waals surface area contributed by atoms with Gasteiger partial charge in [0.25, 0.3) is 5.91 Å². The highest BCUT2D eigenvalue weighted by Crippen LogP contribution is 2.18. The smallest absolute Gasteiger partial charge is 0.251 e. The zero-order valence-electron chi connectivity index (χ0n) is 18.1. The summed E-state index contributed by atoms with van der Waals surface area (Å²) in [7, 11) is -2.30. The SMILES string of the molecule is COCCNS(=O)(=O)c1ccc(C)c(C(=O)NCc2ccc(-n3ccnc3C)c(F)c2)c1. The average Bonchev–Trinajstić information content (AvgIpc) is 3.18. The molecule has 2 aromatic carbocycles. The Bertz CT molecular complexity index is 1220. The van der Waals surface area contributed by atoms with Crippen LogP contribution in [0.3, 0.4) is 0 Å². The van der Waals surface area contributed by atoms with Gasteiger partial charge in [0.1, 0.15) is 11.6 Å². The third-order valence-electron chi connectivity index (χ3n) is 4.91. The number of nitrogens with zero attached hydrogens (tertiary/aromatic N) is 2. The molecular formula is C22H25FN4O4S. The van der Waals surface area contributed by atoms with Crippen molar-refractivity contribution in [2.75, 3.05) is 20.3 Å². The number of rotatable bonds is 9. The number of hydrogen-bond donors (Lipinski definition) is 2. The predicted molar refractivity (Wildman–Crippen MR) is 118 cm³/mol. The van der Waals surface area contributed by atoms with E-state index in [2.05, 4.69) is 15.0 Å². The molecule has 10 heteroatoms. The number of hydrogen-bond acceptors (Lipinski definition) is 5. The van der Waals surface area contributed by atoms with Gasteiger partial charge in [-0.2, -0.15) is 0 Å². The van der Waals surface area contributed by atoms with Crippen LogP contribution in [0.25, 0.3) is 5.69 Å². The van der Waals surface area contributed by atoms with Gasteiger partial charge in [-0.15, -0.1) is 0 Å². The predicted octanol–water partition coefficient (Wildman–Crippen LogP) is 2.48. The first-order chi connectivity index (χ1) is 15.2. The van der Waals surface area contributed by atoms with Crippen molar-refractivity contribution in [2.45, 2.75) is 25.3 Å². The fourth-order valence-corrected chi connectivity index (χ4v) is 4.18. The molecule has 0 aliphatic rings. The lowest BCUT2D eigenvalue weighted by atomic mass is 10.1. The Balaban J connectivity index is 1.72. The summed E-state index contributed by atoms with van der Waals surface area (Å²) >= 11 is 0. The van der Waals surface area contributed by atoms with Crippen molar-refractivity contribution >= 4 is 15.9 Å². The Morgan fingerprint density at radius 3 is 2.62 bits per heavy atom. The molecule has 170 valence electrons. The van der Waals surface area contributed by atoms with E-state index >= 15 is 0 Å². The molecule has 0 unspecified atom stereocenters. The van der Waals surface area contributed by atoms with Crippen molar-refractivity contribution in [1.29, 1.82) is 0 Å². The molecule has 0 aliphatic carbocycles. The summed E-state index contributed by atoms with van der Waals surface area (Å²) in [5.74, 6) is -0.234. The number of methoxy groups -OCH3 is 1. The summed E-state index contributed by atoms with van der Waals surface area (Å²) in [5, 5.41) is 2.72. The zero-order valence-corrected chi connectivity index (χ0v) is 18.9. The van der Waals surface area contributed by atoms with Crippen LogP contribution in [0, 0.1) is 19.7 Å². The van der Waals surface area contributed by atoms with Gasteiger partial charge in [-0.1, -0.05) is 12.1 Å². The van der Waals surface area contributed by atoms with Crippen LogP contribution < -0.4 is 10.0 Å². The Labute approximate surface area is 186 Å². The standard InChI is InChI=1S/C22H25FN4O4S/c1-15-4-6-18(32(29,30)26-9-11-31-3)13-19(15)22(28)25-14-17-5-7-21(20(23)12-17)27-10-8-24-16(27)2/h4-8,10,12-13,26H,9,11,14H2,1-3H3,(H,25,28). The third kappa shape index (κ3) is 5.39. The zero-order chi connectivity index (χ0) is 23.3. The van der Waals surface area contributed by atoms with Crippen LogP contribution in [-0.4, -0.2) is 44.1 Å². The molecule has 0 spiro atoms. The van der Waals surface area contributed by atoms with E-state index in [-0.39, 0.29) is 30.2 Å². The van der Waals surface area contributed by atoms with E-state index in [4.69, 9.17) is 4.74 Å². The third-order valence-corrected chi connectivity index (χ3v) is 6.37. The second kappa shape index (κ2) is 10.0. The molecule has 1 aromatic heterocycles. The van der Waals surface area contributed by atoms with Crippen LogP contribution in [0.2, 0.25) is 0 Å². The molecule has 0 radical (unpaired) electrons. The van der Waals surface area contributed by atoms with Gasteiger partial charge >= 0.3 is 0 Å². The van der Waals surface area contributed by atoms with E-state index in [1.165, 1.54) is 25.3 Å². The molecular weight excluding hydrogens is 435 g/mol. The summed E-state index contributed by atoms with van der Waals surface area (Å²) < 4.78 is 48.3. The minimum atomic E-state index is -3.77. The molecule has 0 bridgehead atoms. The fraction of sp³-hybridized carbons (Fsp3) is 0.273. The maximum absolute atomic E-state index is 14.6. The first-order valence-electron chi connectivity index (χ1n) is 9.89. The van der Waals surface area contributed by atoms with E-state index in [1.54, 1.807) is 49.0 Å². The summed E-state index contributed by atoms with van der Waals surface area (Å²) in [6, 6.07) is 9.02. The number of aromatic nitrogens is 2. The summed E-state index contributed by atoms with van der Waals surface area (Å²) in [6.07, 6.45) is 3.26. The molecule has 0 saturated heterocycles. The topological polar surface area (TPSA) is 102 Å². The summed E-state index contributed by atoms with van der Waals surface area (Å²) in [4.78, 5) is 16.8. The van der Waals surface area contributed by atoms with Gasteiger partial charge in [-0.05, 0) is 49.2 Å². The van der Waals surface area contributed by atoms with E-state index < -0.39 is 21.7 Å². The molecule has 2 N–H and O–H groups in total. The van der Waals surface area contributed by atoms with Crippen molar-refractivity contribution < 1.29 is 22.3 Å². The highest BCUT2D eigenvalue weighted by atomic mass is 32.2. The van der Waals surface area contributed by atoms with E-state index in [1.807, 2.05) is 0 Å². The molecule has 8 nitrogen and oxygen atoms in total. The molecule has 3 aromatic rings. The molecule has 32 heavy (non-hydrogen) atoms. The monoisotopic (exact) mass is 460 g/mol. The number of benzene rings is 2. The lowest BCUT2D eigenvalue weighted by Gasteiger charge is -2.12. The van der Waals surface area contributed by atoms with Crippen LogP contribution in [0.5, 0.6) is 0 Å². The molecule has 0 atom stereocenters. The van der Waals surface area contributed by atoms with Gasteiger partial charge in [-0.3, -0.25) is 4.79 Å². The van der Waals surface area contributed by atoms with Crippen LogP contribution in [0.15, 0.2) is 53.7 Å². The number of carbonyl (C=O) groups excluding carboxylic acids is 1. The number of halogens is 1. The van der Waals surface area contributed by atoms with Crippen molar-refractivity contribution in [2.24, 2.45) is 0 Å². The number of imidazole rings is 1. The first-order valence-corrected chi connectivity index (χ1v) is 11.4. The second-order valence-corrected chi connectivity index (χ2v) is 8.95. The number of aryl methyl sites for hydroxylation is 2. The quantitative estimate of drug-likeness (QED) is 0.478. The molecule has 0 aliphatic heterocycles. The Hall–Kier alpha value is -3.08. The Kier molecular flexibility index (Phi) is 7.39. The van der Waals surface area contributed by atoms with Crippen molar-refractivity contribution in [1.82, 2.24) is 19.6 Å². The van der Waals surface area contributed by atoms with Gasteiger partial charge in [0.15, 0.2) is 0 Å². The molecule has 1 heterocycles.